The van der Waals surface area contributed by atoms with E-state index in [2.05, 4.69) is 32.8 Å². The highest BCUT2D eigenvalue weighted by Gasteiger charge is 2.48. The zero-order chi connectivity index (χ0) is 37.5. The Bertz CT molecular complexity index is 1490. The number of nitrogens with zero attached hydrogens (tertiary/aromatic N) is 2. The average Bonchev–Trinajstić information content (AvgIpc) is 3.52. The Hall–Kier alpha value is -3.87. The lowest BCUT2D eigenvalue weighted by Gasteiger charge is -2.42. The van der Waals surface area contributed by atoms with Crippen LogP contribution in [0.15, 0.2) is 35.9 Å². The summed E-state index contributed by atoms with van der Waals surface area (Å²) < 4.78 is 0. The van der Waals surface area contributed by atoms with Gasteiger partial charge in [0.2, 0.25) is 23.5 Å². The minimum atomic E-state index is -1.04. The standard InChI is InChI=1S/C38H56N6O6S/c1-8-17-39-32(47)28(45)26(22-24-12-13-24)41-31(46)27-25(21-23(2)3)14-19-44(27)36(50)30(37(4,5)6)43-33(48)29(38(7)15-10-9-11-16-38)42-34(49)35-40-18-20-51-35/h8,18,20-21,24-27,29-30H,1,9-17,19,22H2,2-7H3,(H,39,47)(H,41,46)(H,42,49)(H,43,48)/t25-,26?,27+,29-,30-/m1/s1. The first-order valence-electron chi connectivity index (χ1n) is 18.2. The summed E-state index contributed by atoms with van der Waals surface area (Å²) in [6, 6.07) is -3.94. The van der Waals surface area contributed by atoms with Gasteiger partial charge < -0.3 is 26.2 Å². The summed E-state index contributed by atoms with van der Waals surface area (Å²) in [5.74, 6) is -3.46. The van der Waals surface area contributed by atoms with Gasteiger partial charge in [0.15, 0.2) is 5.01 Å². The first-order chi connectivity index (χ1) is 24.1. The van der Waals surface area contributed by atoms with Crippen LogP contribution in [-0.4, -0.2) is 82.5 Å². The second kappa shape index (κ2) is 17.1. The van der Waals surface area contributed by atoms with Gasteiger partial charge in [0.25, 0.3) is 11.8 Å². The lowest BCUT2D eigenvalue weighted by Crippen LogP contribution is -2.63. The van der Waals surface area contributed by atoms with E-state index in [-0.39, 0.29) is 29.9 Å². The maximum absolute atomic E-state index is 14.7. The van der Waals surface area contributed by atoms with Crippen LogP contribution in [-0.2, 0) is 24.0 Å². The molecular formula is C38H56N6O6S. The van der Waals surface area contributed by atoms with Crippen LogP contribution in [0.5, 0.6) is 0 Å². The fourth-order valence-corrected chi connectivity index (χ4v) is 7.90. The van der Waals surface area contributed by atoms with Crippen molar-refractivity contribution in [2.45, 2.75) is 123 Å². The molecule has 0 bridgehead atoms. The van der Waals surface area contributed by atoms with Gasteiger partial charge in [-0.1, -0.05) is 77.5 Å². The number of carbonyl (C=O) groups is 6. The second-order valence-electron chi connectivity index (χ2n) is 16.0. The molecule has 1 saturated heterocycles. The van der Waals surface area contributed by atoms with Crippen LogP contribution in [0.25, 0.3) is 0 Å². The van der Waals surface area contributed by atoms with Gasteiger partial charge in [0.1, 0.15) is 18.1 Å². The molecule has 1 aromatic heterocycles. The van der Waals surface area contributed by atoms with Crippen molar-refractivity contribution in [3.8, 4) is 0 Å². The molecule has 2 aliphatic carbocycles. The van der Waals surface area contributed by atoms with Crippen molar-refractivity contribution in [1.82, 2.24) is 31.2 Å². The van der Waals surface area contributed by atoms with Crippen molar-refractivity contribution in [2.75, 3.05) is 13.1 Å². The number of ketones is 1. The van der Waals surface area contributed by atoms with Crippen LogP contribution < -0.4 is 21.3 Å². The number of likely N-dealkylation sites (tertiary alicyclic amines) is 1. The lowest BCUT2D eigenvalue weighted by atomic mass is 9.70. The molecular weight excluding hydrogens is 669 g/mol. The Balaban J connectivity index is 1.61. The molecule has 4 N–H and O–H groups in total. The molecule has 4 rings (SSSR count). The first kappa shape index (κ1) is 39.9. The fourth-order valence-electron chi connectivity index (χ4n) is 7.36. The molecule has 2 heterocycles. The Morgan fingerprint density at radius 2 is 1.73 bits per heavy atom. The first-order valence-corrected chi connectivity index (χ1v) is 19.1. The van der Waals surface area contributed by atoms with Crippen molar-refractivity contribution in [1.29, 1.82) is 0 Å². The van der Waals surface area contributed by atoms with Gasteiger partial charge in [-0.3, -0.25) is 28.8 Å². The molecule has 1 unspecified atom stereocenters. The average molecular weight is 725 g/mol. The van der Waals surface area contributed by atoms with Crippen molar-refractivity contribution in [2.24, 2.45) is 22.7 Å². The van der Waals surface area contributed by atoms with Crippen LogP contribution in [0.3, 0.4) is 0 Å². The van der Waals surface area contributed by atoms with E-state index in [9.17, 15) is 28.8 Å². The molecule has 0 aromatic carbocycles. The highest BCUT2D eigenvalue weighted by Crippen LogP contribution is 2.40. The maximum atomic E-state index is 14.7. The van der Waals surface area contributed by atoms with E-state index in [1.165, 1.54) is 28.5 Å². The molecule has 3 fully saturated rings. The molecule has 13 heteroatoms. The number of amides is 5. The van der Waals surface area contributed by atoms with Gasteiger partial charge in [0.05, 0.1) is 6.04 Å². The highest BCUT2D eigenvalue weighted by molar-refractivity contribution is 7.11. The van der Waals surface area contributed by atoms with E-state index in [1.54, 1.807) is 5.38 Å². The summed E-state index contributed by atoms with van der Waals surface area (Å²) in [6.07, 6.45) is 12.0. The molecule has 280 valence electrons. The van der Waals surface area contributed by atoms with Gasteiger partial charge >= 0.3 is 0 Å². The monoisotopic (exact) mass is 724 g/mol. The second-order valence-corrected chi connectivity index (χ2v) is 16.9. The van der Waals surface area contributed by atoms with Crippen LogP contribution in [0.4, 0.5) is 0 Å². The minimum Gasteiger partial charge on any atom is -0.346 e. The zero-order valence-electron chi connectivity index (χ0n) is 31.0. The normalized spacial score (nSPS) is 21.7. The Labute approximate surface area is 306 Å². The predicted molar refractivity (Wildman–Crippen MR) is 196 cm³/mol. The molecule has 0 radical (unpaired) electrons. The van der Waals surface area contributed by atoms with Gasteiger partial charge in [-0.25, -0.2) is 4.98 Å². The summed E-state index contributed by atoms with van der Waals surface area (Å²) in [5.41, 5.74) is -0.332. The number of thiazole rings is 1. The summed E-state index contributed by atoms with van der Waals surface area (Å²) in [6.45, 7) is 15.4. The molecule has 2 saturated carbocycles. The molecule has 5 amide bonds. The van der Waals surface area contributed by atoms with Crippen molar-refractivity contribution in [3.05, 3.63) is 40.9 Å². The van der Waals surface area contributed by atoms with E-state index in [0.717, 1.165) is 50.5 Å². The number of aromatic nitrogens is 1. The quantitative estimate of drug-likeness (QED) is 0.156. The molecule has 5 atom stereocenters. The number of Topliss-reactive ketones (excluding diaryl/α,β-unsaturated/α-hetero) is 1. The SMILES string of the molecule is C=CCNC(=O)C(=O)C(CC1CC1)NC(=O)[C@@H]1[C@@H](C=C(C)C)CCN1C(=O)[C@@H](NC(=O)[C@@H](NC(=O)c1nccs1)C1(C)CCCCC1)C(C)(C)C. The summed E-state index contributed by atoms with van der Waals surface area (Å²) in [5, 5.41) is 13.3. The third kappa shape index (κ3) is 10.4. The van der Waals surface area contributed by atoms with Gasteiger partial charge in [-0.2, -0.15) is 0 Å². The van der Waals surface area contributed by atoms with E-state index < -0.39 is 70.3 Å². The van der Waals surface area contributed by atoms with E-state index >= 15 is 0 Å². The number of hydrogen-bond donors (Lipinski definition) is 4. The predicted octanol–water partition coefficient (Wildman–Crippen LogP) is 4.08. The summed E-state index contributed by atoms with van der Waals surface area (Å²) >= 11 is 1.19. The van der Waals surface area contributed by atoms with E-state index in [4.69, 9.17) is 0 Å². The van der Waals surface area contributed by atoms with Gasteiger partial charge in [-0.05, 0) is 56.3 Å². The molecule has 1 aliphatic heterocycles. The van der Waals surface area contributed by atoms with Crippen LogP contribution in [0, 0.1) is 22.7 Å². The third-order valence-corrected chi connectivity index (χ3v) is 11.1. The molecule has 12 nitrogen and oxygen atoms in total. The molecule has 0 spiro atoms. The smallest absolute Gasteiger partial charge is 0.289 e. The topological polar surface area (TPSA) is 167 Å². The van der Waals surface area contributed by atoms with Gasteiger partial charge in [-0.15, -0.1) is 17.9 Å². The van der Waals surface area contributed by atoms with Crippen molar-refractivity contribution < 1.29 is 28.8 Å². The molecule has 1 aromatic rings. The number of rotatable bonds is 15. The minimum absolute atomic E-state index is 0.122. The Morgan fingerprint density at radius 3 is 2.29 bits per heavy atom. The Morgan fingerprint density at radius 1 is 1.04 bits per heavy atom. The summed E-state index contributed by atoms with van der Waals surface area (Å²) in [4.78, 5) is 88.0. The van der Waals surface area contributed by atoms with Crippen molar-refractivity contribution in [3.63, 3.8) is 0 Å². The lowest BCUT2D eigenvalue weighted by molar-refractivity contribution is -0.146. The van der Waals surface area contributed by atoms with E-state index in [1.807, 2.05) is 47.6 Å². The summed E-state index contributed by atoms with van der Waals surface area (Å²) in [7, 11) is 0. The zero-order valence-corrected chi connectivity index (χ0v) is 31.8. The number of carbonyl (C=O) groups excluding carboxylic acids is 6. The maximum Gasteiger partial charge on any atom is 0.289 e. The molecule has 3 aliphatic rings. The molecule has 51 heavy (non-hydrogen) atoms. The fraction of sp³-hybridized carbons (Fsp3) is 0.658. The number of allylic oxidation sites excluding steroid dienone is 1. The number of hydrogen-bond acceptors (Lipinski definition) is 8. The largest absolute Gasteiger partial charge is 0.346 e. The van der Waals surface area contributed by atoms with Crippen LogP contribution in [0.2, 0.25) is 0 Å². The highest BCUT2D eigenvalue weighted by atomic mass is 32.1. The van der Waals surface area contributed by atoms with Crippen molar-refractivity contribution >= 4 is 46.7 Å². The third-order valence-electron chi connectivity index (χ3n) is 10.3. The Kier molecular flexibility index (Phi) is 13.4. The van der Waals surface area contributed by atoms with E-state index in [0.29, 0.717) is 12.8 Å². The van der Waals surface area contributed by atoms with Gasteiger partial charge in [0, 0.05) is 30.6 Å². The van der Waals surface area contributed by atoms with Crippen LogP contribution in [0.1, 0.15) is 109 Å². The van der Waals surface area contributed by atoms with Crippen LogP contribution >= 0.6 is 11.3 Å². The number of nitrogens with one attached hydrogen (secondary N) is 4.